The van der Waals surface area contributed by atoms with Gasteiger partial charge in [-0.3, -0.25) is 14.5 Å². The number of likely N-dealkylation sites (tertiary alicyclic amines) is 1. The molecule has 2 N–H and O–H groups in total. The lowest BCUT2D eigenvalue weighted by molar-refractivity contribution is -0.137. The lowest BCUT2D eigenvalue weighted by Crippen LogP contribution is -2.51. The van der Waals surface area contributed by atoms with Crippen molar-refractivity contribution in [3.8, 4) is 22.9 Å². The van der Waals surface area contributed by atoms with Crippen LogP contribution in [-0.4, -0.2) is 50.3 Å². The molecule has 2 aromatic heterocycles. The zero-order valence-electron chi connectivity index (χ0n) is 23.5. The van der Waals surface area contributed by atoms with Gasteiger partial charge < -0.3 is 15.4 Å². The van der Waals surface area contributed by atoms with E-state index in [1.165, 1.54) is 36.7 Å². The molecule has 13 heteroatoms. The van der Waals surface area contributed by atoms with Gasteiger partial charge in [0.2, 0.25) is 17.7 Å². The average Bonchev–Trinajstić information content (AvgIpc) is 3.55. The third-order valence-corrected chi connectivity index (χ3v) is 8.78. The van der Waals surface area contributed by atoms with Gasteiger partial charge >= 0.3 is 6.18 Å². The van der Waals surface area contributed by atoms with Crippen LogP contribution in [0.25, 0.3) is 21.5 Å². The summed E-state index contributed by atoms with van der Waals surface area (Å²) in [6.45, 7) is 4.84. The zero-order chi connectivity index (χ0) is 30.4. The third kappa shape index (κ3) is 6.18. The third-order valence-electron chi connectivity index (χ3n) is 7.85. The van der Waals surface area contributed by atoms with Gasteiger partial charge in [-0.1, -0.05) is 23.5 Å². The maximum absolute atomic E-state index is 13.7. The van der Waals surface area contributed by atoms with Crippen molar-refractivity contribution in [1.29, 1.82) is 0 Å². The largest absolute Gasteiger partial charge is 0.437 e. The number of carbonyl (C=O) groups excluding carboxylic acids is 2. The summed E-state index contributed by atoms with van der Waals surface area (Å²) in [6.07, 6.45) is 0.381. The van der Waals surface area contributed by atoms with Crippen molar-refractivity contribution >= 4 is 44.2 Å². The minimum absolute atomic E-state index is 0.00511. The maximum Gasteiger partial charge on any atom is 0.416 e. The molecular formula is C30H29F3N6O3S. The van der Waals surface area contributed by atoms with Crippen molar-refractivity contribution < 1.29 is 27.5 Å². The number of alkyl halides is 3. The van der Waals surface area contributed by atoms with Crippen molar-refractivity contribution in [2.24, 2.45) is 5.92 Å². The topological polar surface area (TPSA) is 109 Å². The van der Waals surface area contributed by atoms with E-state index in [9.17, 15) is 22.8 Å². The second-order valence-corrected chi connectivity index (χ2v) is 12.2. The van der Waals surface area contributed by atoms with Crippen LogP contribution in [0.4, 0.5) is 24.0 Å². The molecule has 2 fully saturated rings. The molecule has 1 aliphatic carbocycles. The normalized spacial score (nSPS) is 19.0. The number of anilines is 2. The summed E-state index contributed by atoms with van der Waals surface area (Å²) >= 11 is 1.29. The Labute approximate surface area is 249 Å². The first-order valence-corrected chi connectivity index (χ1v) is 14.8. The highest BCUT2D eigenvalue weighted by atomic mass is 32.1. The number of hydrogen-bond acceptors (Lipinski definition) is 8. The second-order valence-electron chi connectivity index (χ2n) is 11.1. The molecule has 2 aliphatic rings. The summed E-state index contributed by atoms with van der Waals surface area (Å²) in [5, 5.41) is 5.89. The molecule has 2 amide bonds. The molecule has 43 heavy (non-hydrogen) atoms. The van der Waals surface area contributed by atoms with Crippen LogP contribution < -0.4 is 15.4 Å². The van der Waals surface area contributed by atoms with Crippen molar-refractivity contribution in [2.75, 3.05) is 23.7 Å². The summed E-state index contributed by atoms with van der Waals surface area (Å²) < 4.78 is 48.0. The van der Waals surface area contributed by atoms with E-state index in [4.69, 9.17) is 4.74 Å². The van der Waals surface area contributed by atoms with Crippen molar-refractivity contribution in [2.45, 2.75) is 51.2 Å². The fraction of sp³-hybridized carbons (Fsp3) is 0.367. The van der Waals surface area contributed by atoms with E-state index in [2.05, 4.69) is 30.5 Å². The molecule has 1 atom stereocenters. The summed E-state index contributed by atoms with van der Waals surface area (Å²) in [7, 11) is 0. The molecule has 2 aromatic carbocycles. The summed E-state index contributed by atoms with van der Waals surface area (Å²) in [4.78, 5) is 40.2. The van der Waals surface area contributed by atoms with Crippen LogP contribution in [0.2, 0.25) is 0 Å². The average molecular weight is 611 g/mol. The Kier molecular flexibility index (Phi) is 7.55. The van der Waals surface area contributed by atoms with Crippen LogP contribution in [0.15, 0.2) is 48.8 Å². The molecule has 3 heterocycles. The van der Waals surface area contributed by atoms with E-state index < -0.39 is 17.3 Å². The Balaban J connectivity index is 1.31. The first kappa shape index (κ1) is 29.0. The zero-order valence-corrected chi connectivity index (χ0v) is 24.3. The highest BCUT2D eigenvalue weighted by molar-refractivity contribution is 7.22. The lowest BCUT2D eigenvalue weighted by Gasteiger charge is -2.34. The number of amides is 2. The Hall–Kier alpha value is -4.10. The van der Waals surface area contributed by atoms with E-state index in [-0.39, 0.29) is 29.1 Å². The molecule has 6 rings (SSSR count). The number of halogens is 3. The number of para-hydroxylation sites is 1. The number of nitrogens with zero attached hydrogens (tertiary/aromatic N) is 4. The fourth-order valence-corrected chi connectivity index (χ4v) is 6.28. The van der Waals surface area contributed by atoms with Crippen LogP contribution in [0.1, 0.15) is 45.1 Å². The second kappa shape index (κ2) is 11.2. The van der Waals surface area contributed by atoms with E-state index in [1.54, 1.807) is 12.1 Å². The number of fused-ring (bicyclic) bond motifs is 1. The number of rotatable bonds is 8. The van der Waals surface area contributed by atoms with Gasteiger partial charge in [0.05, 0.1) is 27.2 Å². The number of thiazole rings is 1. The molecule has 224 valence electrons. The number of ether oxygens (including phenoxy) is 1. The first-order chi connectivity index (χ1) is 20.5. The Morgan fingerprint density at radius 2 is 1.95 bits per heavy atom. The Morgan fingerprint density at radius 1 is 1.14 bits per heavy atom. The molecule has 0 radical (unpaired) electrons. The predicted molar refractivity (Wildman–Crippen MR) is 157 cm³/mol. The monoisotopic (exact) mass is 610 g/mol. The number of benzene rings is 2. The predicted octanol–water partition coefficient (Wildman–Crippen LogP) is 6.73. The molecular weight excluding hydrogens is 581 g/mol. The van der Waals surface area contributed by atoms with Crippen LogP contribution in [0, 0.1) is 5.92 Å². The quantitative estimate of drug-likeness (QED) is 0.228. The number of nitrogens with one attached hydrogen (secondary N) is 2. The van der Waals surface area contributed by atoms with Crippen molar-refractivity contribution in [1.82, 2.24) is 19.9 Å². The SMILES string of the molecule is CC(=O)Nc1nc2c(Oc3cc(-c4ccc(C(F)(F)F)cc4NC(=O)C4(C)CCCN4CC4CC4)ncn3)cccc2s1. The van der Waals surface area contributed by atoms with Crippen molar-refractivity contribution in [3.05, 3.63) is 54.4 Å². The molecule has 1 saturated carbocycles. The minimum atomic E-state index is -4.60. The molecule has 0 bridgehead atoms. The van der Waals surface area contributed by atoms with E-state index >= 15 is 0 Å². The van der Waals surface area contributed by atoms with Gasteiger partial charge in [-0.15, -0.1) is 0 Å². The molecule has 9 nitrogen and oxygen atoms in total. The highest BCUT2D eigenvalue weighted by Gasteiger charge is 2.45. The van der Waals surface area contributed by atoms with E-state index in [1.807, 2.05) is 13.0 Å². The highest BCUT2D eigenvalue weighted by Crippen LogP contribution is 2.40. The van der Waals surface area contributed by atoms with Gasteiger partial charge in [-0.2, -0.15) is 13.2 Å². The molecule has 0 spiro atoms. The molecule has 1 saturated heterocycles. The van der Waals surface area contributed by atoms with Gasteiger partial charge in [0.1, 0.15) is 11.8 Å². The fourth-order valence-electron chi connectivity index (χ4n) is 5.35. The van der Waals surface area contributed by atoms with Crippen LogP contribution in [-0.2, 0) is 15.8 Å². The van der Waals surface area contributed by atoms with Crippen LogP contribution in [0.3, 0.4) is 0 Å². The first-order valence-electron chi connectivity index (χ1n) is 13.9. The summed E-state index contributed by atoms with van der Waals surface area (Å²) in [6, 6.07) is 10.0. The van der Waals surface area contributed by atoms with Gasteiger partial charge in [0.15, 0.2) is 10.9 Å². The Morgan fingerprint density at radius 3 is 2.70 bits per heavy atom. The number of hydrogen-bond donors (Lipinski definition) is 2. The van der Waals surface area contributed by atoms with Gasteiger partial charge in [-0.05, 0) is 69.3 Å². The van der Waals surface area contributed by atoms with Gasteiger partial charge in [0, 0.05) is 25.1 Å². The molecule has 4 aromatic rings. The minimum Gasteiger partial charge on any atom is -0.437 e. The standard InChI is InChI=1S/C30H29F3N6O3S/c1-17(40)36-28-38-26-23(5-3-6-24(26)43-28)42-25-14-21(34-16-35-25)20-10-9-19(30(31,32)33)13-22(20)37-27(41)29(2)11-4-12-39(29)15-18-7-8-18/h3,5-6,9-10,13-14,16,18H,4,7-8,11-12,15H2,1-2H3,(H,37,41)(H,36,38,40). The van der Waals surface area contributed by atoms with Crippen molar-refractivity contribution in [3.63, 3.8) is 0 Å². The lowest BCUT2D eigenvalue weighted by atomic mass is 9.96. The van der Waals surface area contributed by atoms with Gasteiger partial charge in [-0.25, -0.2) is 15.0 Å². The molecule has 1 unspecified atom stereocenters. The Bertz CT molecular complexity index is 1710. The number of carbonyl (C=O) groups is 2. The molecule has 1 aliphatic heterocycles. The maximum atomic E-state index is 13.7. The summed E-state index contributed by atoms with van der Waals surface area (Å²) in [5.41, 5.74) is -0.622. The van der Waals surface area contributed by atoms with E-state index in [0.717, 1.165) is 49.2 Å². The van der Waals surface area contributed by atoms with E-state index in [0.29, 0.717) is 34.3 Å². The smallest absolute Gasteiger partial charge is 0.416 e. The number of aromatic nitrogens is 3. The summed E-state index contributed by atoms with van der Waals surface area (Å²) in [5.74, 6) is 0.477. The van der Waals surface area contributed by atoms with Crippen LogP contribution in [0.5, 0.6) is 11.6 Å². The van der Waals surface area contributed by atoms with Crippen LogP contribution >= 0.6 is 11.3 Å². The van der Waals surface area contributed by atoms with Gasteiger partial charge in [0.25, 0.3) is 0 Å².